The molecule has 2 aromatic heterocycles. The lowest BCUT2D eigenvalue weighted by Crippen LogP contribution is -2.27. The van der Waals surface area contributed by atoms with E-state index >= 15 is 0 Å². The highest BCUT2D eigenvalue weighted by Gasteiger charge is 2.36. The zero-order valence-corrected chi connectivity index (χ0v) is 28.9. The molecule has 0 saturated heterocycles. The zero-order chi connectivity index (χ0) is 33.9. The fourth-order valence-electron chi connectivity index (χ4n) is 7.79. The number of allylic oxidation sites excluding steroid dienone is 4. The monoisotopic (exact) mass is 669 g/mol. The first kappa shape index (κ1) is 29.6. The fraction of sp³-hybridized carbons (Fsp3) is 0.0208. The second-order valence-electron chi connectivity index (χ2n) is 13.1. The van der Waals surface area contributed by atoms with Crippen LogP contribution in [0.3, 0.4) is 0 Å². The number of rotatable bonds is 6. The molecule has 0 fully saturated rings. The van der Waals surface area contributed by atoms with E-state index in [1.54, 1.807) is 0 Å². The first-order chi connectivity index (χ1) is 25.3. The van der Waals surface area contributed by atoms with Crippen LogP contribution in [0.5, 0.6) is 0 Å². The maximum atomic E-state index is 2.46. The van der Waals surface area contributed by atoms with E-state index in [2.05, 4.69) is 198 Å². The summed E-state index contributed by atoms with van der Waals surface area (Å²) in [7, 11) is 0. The van der Waals surface area contributed by atoms with Crippen LogP contribution in [0.1, 0.15) is 12.5 Å². The summed E-state index contributed by atoms with van der Waals surface area (Å²) in [5.41, 5.74) is 13.4. The highest BCUT2D eigenvalue weighted by Crippen LogP contribution is 2.44. The second kappa shape index (κ2) is 11.9. The maximum Gasteiger partial charge on any atom is 0.225 e. The van der Waals surface area contributed by atoms with E-state index < -0.39 is 0 Å². The molecule has 240 valence electrons. The third-order valence-electron chi connectivity index (χ3n) is 10.1. The molecule has 10 rings (SSSR count). The molecule has 0 radical (unpaired) electrons. The van der Waals surface area contributed by atoms with E-state index in [1.165, 1.54) is 92.6 Å². The Kier molecular flexibility index (Phi) is 6.93. The van der Waals surface area contributed by atoms with Crippen LogP contribution in [-0.4, -0.2) is 10.3 Å². The Morgan fingerprint density at radius 2 is 1.24 bits per heavy atom. The summed E-state index contributed by atoms with van der Waals surface area (Å²) >= 11 is 1.89. The molecule has 2 nitrogen and oxygen atoms in total. The molecule has 1 aliphatic rings. The molecule has 51 heavy (non-hydrogen) atoms. The lowest BCUT2D eigenvalue weighted by molar-refractivity contribution is 1.03. The smallest absolute Gasteiger partial charge is 0.225 e. The normalized spacial score (nSPS) is 13.0. The summed E-state index contributed by atoms with van der Waals surface area (Å²) in [5, 5.41) is 5.12. The summed E-state index contributed by atoms with van der Waals surface area (Å²) in [6.45, 7) is 2.05. The Hall–Kier alpha value is -6.29. The lowest BCUT2D eigenvalue weighted by atomic mass is 9.93. The summed E-state index contributed by atoms with van der Waals surface area (Å²) in [4.78, 5) is 0. The molecule has 0 bridgehead atoms. The van der Waals surface area contributed by atoms with E-state index in [1.807, 2.05) is 11.3 Å². The lowest BCUT2D eigenvalue weighted by Gasteiger charge is -2.19. The molecule has 0 spiro atoms. The SMILES string of the molecule is C/C=C\C=C/C1=[N+](c2ccccc2)c2ccc(-c3ccc4c(c3)c3ccccc3n4-c3cc(-c4ccccc4)c4sc5ccccc5c4c3)cc21. The van der Waals surface area contributed by atoms with Crippen LogP contribution in [0, 0.1) is 0 Å². The largest absolute Gasteiger partial charge is 0.309 e. The van der Waals surface area contributed by atoms with Gasteiger partial charge in [0.2, 0.25) is 17.1 Å². The number of para-hydroxylation sites is 2. The predicted octanol–water partition coefficient (Wildman–Crippen LogP) is 13.3. The molecule has 0 N–H and O–H groups in total. The summed E-state index contributed by atoms with van der Waals surface area (Å²) in [6.07, 6.45) is 8.49. The van der Waals surface area contributed by atoms with Crippen molar-refractivity contribution >= 4 is 70.4 Å². The molecule has 0 saturated carbocycles. The van der Waals surface area contributed by atoms with Crippen molar-refractivity contribution in [1.29, 1.82) is 0 Å². The standard InChI is InChI=1S/C48H33N2S/c1-2-3-6-21-44-42-29-34(25-27-46(42)49(44)35-17-9-5-10-18-35)33-24-26-45-40(28-33)37-19-11-13-22-43(37)50(45)36-30-39(32-15-7-4-8-16-32)48-41(31-36)38-20-12-14-23-47(38)51-48/h2-31H,1H3/q+1/b3-2-,21-6-. The van der Waals surface area contributed by atoms with Crippen molar-refractivity contribution in [2.45, 2.75) is 6.92 Å². The van der Waals surface area contributed by atoms with E-state index in [-0.39, 0.29) is 0 Å². The van der Waals surface area contributed by atoms with Crippen molar-refractivity contribution in [3.63, 3.8) is 0 Å². The van der Waals surface area contributed by atoms with Gasteiger partial charge in [0.25, 0.3) is 0 Å². The van der Waals surface area contributed by atoms with Crippen molar-refractivity contribution in [3.05, 3.63) is 188 Å². The van der Waals surface area contributed by atoms with Crippen LogP contribution in [0.15, 0.2) is 182 Å². The van der Waals surface area contributed by atoms with Crippen molar-refractivity contribution in [2.75, 3.05) is 0 Å². The van der Waals surface area contributed by atoms with Gasteiger partial charge >= 0.3 is 0 Å². The van der Waals surface area contributed by atoms with Gasteiger partial charge in [-0.2, -0.15) is 4.58 Å². The van der Waals surface area contributed by atoms with Crippen LogP contribution < -0.4 is 4.58 Å². The molecule has 9 aromatic rings. The topological polar surface area (TPSA) is 7.94 Å². The van der Waals surface area contributed by atoms with Crippen LogP contribution in [0.4, 0.5) is 11.4 Å². The van der Waals surface area contributed by atoms with Crippen molar-refractivity contribution in [1.82, 2.24) is 9.14 Å². The molecule has 0 atom stereocenters. The average Bonchev–Trinajstić information content (AvgIpc) is 3.72. The Labute approximate surface area is 300 Å². The molecule has 1 aliphatic heterocycles. The summed E-state index contributed by atoms with van der Waals surface area (Å²) in [5.74, 6) is 0. The Morgan fingerprint density at radius 1 is 0.529 bits per heavy atom. The Balaban J connectivity index is 1.15. The van der Waals surface area contributed by atoms with Gasteiger partial charge in [0.05, 0.1) is 11.0 Å². The minimum atomic E-state index is 1.18. The molecule has 0 aliphatic carbocycles. The number of nitrogens with zero attached hydrogens (tertiary/aromatic N) is 2. The molecule has 3 heteroatoms. The second-order valence-corrected chi connectivity index (χ2v) is 14.1. The maximum absolute atomic E-state index is 2.46. The van der Waals surface area contributed by atoms with E-state index in [4.69, 9.17) is 0 Å². The van der Waals surface area contributed by atoms with Crippen molar-refractivity contribution in [2.24, 2.45) is 0 Å². The van der Waals surface area contributed by atoms with Gasteiger partial charge in [-0.1, -0.05) is 109 Å². The number of fused-ring (bicyclic) bond motifs is 7. The highest BCUT2D eigenvalue weighted by molar-refractivity contribution is 7.26. The van der Waals surface area contributed by atoms with Gasteiger partial charge in [-0.3, -0.25) is 0 Å². The van der Waals surface area contributed by atoms with E-state index in [0.717, 1.165) is 0 Å². The van der Waals surface area contributed by atoms with Gasteiger partial charge in [-0.15, -0.1) is 11.3 Å². The van der Waals surface area contributed by atoms with E-state index in [0.29, 0.717) is 0 Å². The summed E-state index contributed by atoms with van der Waals surface area (Å²) < 4.78 is 7.45. The molecule has 7 aromatic carbocycles. The van der Waals surface area contributed by atoms with E-state index in [9.17, 15) is 0 Å². The van der Waals surface area contributed by atoms with Gasteiger partial charge in [0, 0.05) is 66.5 Å². The van der Waals surface area contributed by atoms with Gasteiger partial charge < -0.3 is 4.57 Å². The Bertz CT molecular complexity index is 2900. The van der Waals surface area contributed by atoms with Crippen LogP contribution >= 0.6 is 11.3 Å². The number of thiophene rings is 1. The van der Waals surface area contributed by atoms with Crippen LogP contribution in [0.25, 0.3) is 69.9 Å². The Morgan fingerprint density at radius 3 is 2.08 bits per heavy atom. The highest BCUT2D eigenvalue weighted by atomic mass is 32.1. The third kappa shape index (κ3) is 4.74. The fourth-order valence-corrected chi connectivity index (χ4v) is 9.01. The first-order valence-electron chi connectivity index (χ1n) is 17.5. The van der Waals surface area contributed by atoms with Crippen molar-refractivity contribution < 1.29 is 0 Å². The minimum absolute atomic E-state index is 1.18. The van der Waals surface area contributed by atoms with Gasteiger partial charge in [-0.25, -0.2) is 0 Å². The number of aromatic nitrogens is 1. The number of hydrogen-bond donors (Lipinski definition) is 0. The quantitative estimate of drug-likeness (QED) is 0.123. The summed E-state index contributed by atoms with van der Waals surface area (Å²) in [6, 6.07) is 57.7. The molecule has 0 amide bonds. The van der Waals surface area contributed by atoms with Crippen molar-refractivity contribution in [3.8, 4) is 27.9 Å². The molecule has 0 unspecified atom stereocenters. The first-order valence-corrected chi connectivity index (χ1v) is 18.3. The minimum Gasteiger partial charge on any atom is -0.309 e. The predicted molar refractivity (Wildman–Crippen MR) is 221 cm³/mol. The third-order valence-corrected chi connectivity index (χ3v) is 11.4. The van der Waals surface area contributed by atoms with Crippen LogP contribution in [-0.2, 0) is 0 Å². The molecular weight excluding hydrogens is 637 g/mol. The average molecular weight is 670 g/mol. The van der Waals surface area contributed by atoms with Crippen LogP contribution in [0.2, 0.25) is 0 Å². The number of hydrogen-bond acceptors (Lipinski definition) is 1. The molecular formula is C48H33N2S+. The zero-order valence-electron chi connectivity index (χ0n) is 28.1. The van der Waals surface area contributed by atoms with Gasteiger partial charge in [-0.05, 0) is 72.1 Å². The van der Waals surface area contributed by atoms with Gasteiger partial charge in [0.15, 0.2) is 0 Å². The van der Waals surface area contributed by atoms with Gasteiger partial charge in [0.1, 0.15) is 5.56 Å². The molecule has 3 heterocycles. The number of benzene rings is 7.